The Balaban J connectivity index is 1.51. The van der Waals surface area contributed by atoms with Gasteiger partial charge in [0.2, 0.25) is 0 Å². The Morgan fingerprint density at radius 1 is 0.958 bits per heavy atom. The second-order valence-electron chi connectivity index (χ2n) is 6.14. The lowest BCUT2D eigenvalue weighted by molar-refractivity contribution is 0.171. The number of pyridine rings is 1. The molecule has 0 fully saturated rings. The topological polar surface area (TPSA) is 34.6 Å². The predicted octanol–water partition coefficient (Wildman–Crippen LogP) is 3.64. The maximum absolute atomic E-state index is 5.67. The van der Waals surface area contributed by atoms with E-state index in [1.165, 1.54) is 16.5 Å². The summed E-state index contributed by atoms with van der Waals surface area (Å²) in [6.45, 7) is 2.94. The fourth-order valence-corrected chi connectivity index (χ4v) is 3.14. The van der Waals surface area contributed by atoms with Gasteiger partial charge in [-0.2, -0.15) is 0 Å². The normalized spacial score (nSPS) is 13.4. The lowest BCUT2D eigenvalue weighted by Crippen LogP contribution is -2.19. The largest absolute Gasteiger partial charge is 0.486 e. The van der Waals surface area contributed by atoms with Crippen LogP contribution in [0.2, 0.25) is 0 Å². The average molecular weight is 320 g/mol. The van der Waals surface area contributed by atoms with Gasteiger partial charge in [-0.05, 0) is 36.4 Å². The number of ether oxygens (including phenoxy) is 2. The third-order valence-corrected chi connectivity index (χ3v) is 4.22. The first-order valence-corrected chi connectivity index (χ1v) is 8.19. The molecular formula is C20H20N2O2. The number of hydrogen-bond acceptors (Lipinski definition) is 4. The second-order valence-corrected chi connectivity index (χ2v) is 6.14. The highest BCUT2D eigenvalue weighted by molar-refractivity contribution is 5.81. The summed E-state index contributed by atoms with van der Waals surface area (Å²) in [5, 5.41) is 1.18. The fraction of sp³-hybridized carbons (Fsp3) is 0.250. The van der Waals surface area contributed by atoms with Gasteiger partial charge in [-0.15, -0.1) is 0 Å². The zero-order valence-corrected chi connectivity index (χ0v) is 13.7. The third-order valence-electron chi connectivity index (χ3n) is 4.22. The van der Waals surface area contributed by atoms with Crippen molar-refractivity contribution in [2.75, 3.05) is 20.3 Å². The molecule has 4 heteroatoms. The molecule has 1 aliphatic heterocycles. The molecule has 4 rings (SSSR count). The van der Waals surface area contributed by atoms with E-state index in [4.69, 9.17) is 9.47 Å². The van der Waals surface area contributed by atoms with E-state index in [-0.39, 0.29) is 0 Å². The van der Waals surface area contributed by atoms with Crippen LogP contribution in [0.3, 0.4) is 0 Å². The van der Waals surface area contributed by atoms with E-state index < -0.39 is 0 Å². The molecule has 0 saturated carbocycles. The number of benzene rings is 2. The van der Waals surface area contributed by atoms with Crippen LogP contribution in [-0.2, 0) is 13.1 Å². The lowest BCUT2D eigenvalue weighted by Gasteiger charge is -2.21. The SMILES string of the molecule is CN(Cc1ccc2c(c1)OCCO2)Cc1cccc2cccnc12. The summed E-state index contributed by atoms with van der Waals surface area (Å²) in [4.78, 5) is 6.82. The molecule has 0 atom stereocenters. The molecule has 1 aromatic heterocycles. The maximum atomic E-state index is 5.67. The van der Waals surface area contributed by atoms with Gasteiger partial charge in [0, 0.05) is 24.7 Å². The van der Waals surface area contributed by atoms with Gasteiger partial charge in [-0.1, -0.05) is 30.3 Å². The van der Waals surface area contributed by atoms with Crippen molar-refractivity contribution >= 4 is 10.9 Å². The van der Waals surface area contributed by atoms with E-state index in [2.05, 4.69) is 53.3 Å². The molecule has 0 unspecified atom stereocenters. The summed E-state index contributed by atoms with van der Waals surface area (Å²) in [7, 11) is 2.12. The van der Waals surface area contributed by atoms with E-state index in [1.807, 2.05) is 18.3 Å². The third kappa shape index (κ3) is 3.05. The Morgan fingerprint density at radius 3 is 2.71 bits per heavy atom. The molecule has 0 amide bonds. The second kappa shape index (κ2) is 6.49. The Hall–Kier alpha value is -2.59. The van der Waals surface area contributed by atoms with Crippen molar-refractivity contribution in [2.24, 2.45) is 0 Å². The minimum Gasteiger partial charge on any atom is -0.486 e. The van der Waals surface area contributed by atoms with Crippen LogP contribution in [-0.4, -0.2) is 30.1 Å². The predicted molar refractivity (Wildman–Crippen MR) is 94.3 cm³/mol. The summed E-state index contributed by atoms with van der Waals surface area (Å²) in [6.07, 6.45) is 1.85. The van der Waals surface area contributed by atoms with E-state index in [0.717, 1.165) is 30.1 Å². The van der Waals surface area contributed by atoms with Gasteiger partial charge < -0.3 is 9.47 Å². The first-order valence-electron chi connectivity index (χ1n) is 8.19. The molecule has 4 nitrogen and oxygen atoms in total. The molecule has 2 aromatic carbocycles. The van der Waals surface area contributed by atoms with Crippen LogP contribution in [0.5, 0.6) is 11.5 Å². The van der Waals surface area contributed by atoms with Crippen LogP contribution >= 0.6 is 0 Å². The van der Waals surface area contributed by atoms with Crippen molar-refractivity contribution in [3.8, 4) is 11.5 Å². The minimum atomic E-state index is 0.619. The number of nitrogens with zero attached hydrogens (tertiary/aromatic N) is 2. The smallest absolute Gasteiger partial charge is 0.161 e. The Morgan fingerprint density at radius 2 is 1.79 bits per heavy atom. The van der Waals surface area contributed by atoms with Crippen LogP contribution in [0.1, 0.15) is 11.1 Å². The quantitative estimate of drug-likeness (QED) is 0.735. The van der Waals surface area contributed by atoms with Crippen molar-refractivity contribution in [2.45, 2.75) is 13.1 Å². The van der Waals surface area contributed by atoms with Crippen LogP contribution < -0.4 is 9.47 Å². The number of fused-ring (bicyclic) bond motifs is 2. The molecule has 1 aliphatic rings. The zero-order valence-electron chi connectivity index (χ0n) is 13.7. The molecular weight excluding hydrogens is 300 g/mol. The standard InChI is InChI=1S/C20H20N2O2/c1-22(13-15-7-8-18-19(12-15)24-11-10-23-18)14-17-5-2-4-16-6-3-9-21-20(16)17/h2-9,12H,10-11,13-14H2,1H3. The van der Waals surface area contributed by atoms with E-state index in [1.54, 1.807) is 0 Å². The van der Waals surface area contributed by atoms with Gasteiger partial charge in [-0.25, -0.2) is 0 Å². The molecule has 0 N–H and O–H groups in total. The average Bonchev–Trinajstić information content (AvgIpc) is 2.62. The number of para-hydroxylation sites is 1. The van der Waals surface area contributed by atoms with Crippen molar-refractivity contribution in [3.05, 3.63) is 65.9 Å². The molecule has 0 aliphatic carbocycles. The van der Waals surface area contributed by atoms with Crippen LogP contribution in [0, 0.1) is 0 Å². The molecule has 0 radical (unpaired) electrons. The monoisotopic (exact) mass is 320 g/mol. The molecule has 3 aromatic rings. The van der Waals surface area contributed by atoms with Gasteiger partial charge >= 0.3 is 0 Å². The zero-order chi connectivity index (χ0) is 16.4. The van der Waals surface area contributed by atoms with E-state index >= 15 is 0 Å². The first-order chi connectivity index (χ1) is 11.8. The van der Waals surface area contributed by atoms with Gasteiger partial charge in [-0.3, -0.25) is 9.88 Å². The summed E-state index contributed by atoms with van der Waals surface area (Å²) < 4.78 is 11.2. The van der Waals surface area contributed by atoms with E-state index in [0.29, 0.717) is 13.2 Å². The molecule has 0 bridgehead atoms. The van der Waals surface area contributed by atoms with Gasteiger partial charge in [0.25, 0.3) is 0 Å². The van der Waals surface area contributed by atoms with Crippen LogP contribution in [0.4, 0.5) is 0 Å². The Kier molecular flexibility index (Phi) is 4.05. The summed E-state index contributed by atoms with van der Waals surface area (Å²) in [5.74, 6) is 1.69. The number of aromatic nitrogens is 1. The highest BCUT2D eigenvalue weighted by atomic mass is 16.6. The molecule has 2 heterocycles. The van der Waals surface area contributed by atoms with Crippen LogP contribution in [0.15, 0.2) is 54.7 Å². The lowest BCUT2D eigenvalue weighted by atomic mass is 10.1. The molecule has 0 spiro atoms. The van der Waals surface area contributed by atoms with Crippen molar-refractivity contribution in [1.82, 2.24) is 9.88 Å². The van der Waals surface area contributed by atoms with Crippen LogP contribution in [0.25, 0.3) is 10.9 Å². The first kappa shape index (κ1) is 15.0. The fourth-order valence-electron chi connectivity index (χ4n) is 3.14. The highest BCUT2D eigenvalue weighted by Crippen LogP contribution is 2.31. The number of rotatable bonds is 4. The van der Waals surface area contributed by atoms with Gasteiger partial charge in [0.1, 0.15) is 13.2 Å². The van der Waals surface area contributed by atoms with Crippen molar-refractivity contribution in [1.29, 1.82) is 0 Å². The molecule has 122 valence electrons. The molecule has 24 heavy (non-hydrogen) atoms. The number of hydrogen-bond donors (Lipinski definition) is 0. The Bertz CT molecular complexity index is 858. The van der Waals surface area contributed by atoms with Gasteiger partial charge in [0.15, 0.2) is 11.5 Å². The maximum Gasteiger partial charge on any atom is 0.161 e. The molecule has 0 saturated heterocycles. The summed E-state index contributed by atoms with van der Waals surface area (Å²) >= 11 is 0. The summed E-state index contributed by atoms with van der Waals surface area (Å²) in [5.41, 5.74) is 3.54. The summed E-state index contributed by atoms with van der Waals surface area (Å²) in [6, 6.07) is 16.6. The van der Waals surface area contributed by atoms with E-state index in [9.17, 15) is 0 Å². The highest BCUT2D eigenvalue weighted by Gasteiger charge is 2.13. The van der Waals surface area contributed by atoms with Gasteiger partial charge in [0.05, 0.1) is 5.52 Å². The minimum absolute atomic E-state index is 0.619. The van der Waals surface area contributed by atoms with Crippen molar-refractivity contribution in [3.63, 3.8) is 0 Å². The Labute approximate surface area is 141 Å². The van der Waals surface area contributed by atoms with Crippen molar-refractivity contribution < 1.29 is 9.47 Å².